The van der Waals surface area contributed by atoms with Crippen molar-refractivity contribution < 1.29 is 0 Å². The second kappa shape index (κ2) is 4.16. The van der Waals surface area contributed by atoms with Crippen molar-refractivity contribution in [3.63, 3.8) is 0 Å². The molecule has 0 aromatic carbocycles. The van der Waals surface area contributed by atoms with Crippen molar-refractivity contribution in [3.8, 4) is 0 Å². The smallest absolute Gasteiger partial charge is 0.0519 e. The average molecular weight is 152 g/mol. The van der Waals surface area contributed by atoms with Gasteiger partial charge in [-0.2, -0.15) is 5.10 Å². The molecule has 0 saturated carbocycles. The Morgan fingerprint density at radius 1 is 1.45 bits per heavy atom. The van der Waals surface area contributed by atoms with E-state index in [2.05, 4.69) is 24.0 Å². The van der Waals surface area contributed by atoms with E-state index in [-0.39, 0.29) is 0 Å². The summed E-state index contributed by atoms with van der Waals surface area (Å²) >= 11 is 0. The summed E-state index contributed by atoms with van der Waals surface area (Å²) in [6.07, 6.45) is 6.92. The summed E-state index contributed by atoms with van der Waals surface area (Å²) in [6.45, 7) is 4.32. The average Bonchev–Trinajstić information content (AvgIpc) is 2.37. The normalized spacial score (nSPS) is 10.4. The zero-order valence-electron chi connectivity index (χ0n) is 7.35. The highest BCUT2D eigenvalue weighted by molar-refractivity contribution is 5.13. The summed E-state index contributed by atoms with van der Waals surface area (Å²) < 4.78 is 0. The first-order valence-corrected chi connectivity index (χ1v) is 4.33. The molecule has 0 unspecified atom stereocenters. The first-order chi connectivity index (χ1) is 5.34. The van der Waals surface area contributed by atoms with Gasteiger partial charge in [-0.3, -0.25) is 5.10 Å². The van der Waals surface area contributed by atoms with Crippen molar-refractivity contribution >= 4 is 0 Å². The van der Waals surface area contributed by atoms with Gasteiger partial charge in [0, 0.05) is 5.69 Å². The van der Waals surface area contributed by atoms with Crippen molar-refractivity contribution in [1.82, 2.24) is 10.2 Å². The number of hydrogen-bond donors (Lipinski definition) is 1. The van der Waals surface area contributed by atoms with E-state index in [1.807, 2.05) is 6.20 Å². The van der Waals surface area contributed by atoms with Crippen LogP contribution in [0.25, 0.3) is 0 Å². The van der Waals surface area contributed by atoms with E-state index in [4.69, 9.17) is 0 Å². The van der Waals surface area contributed by atoms with Gasteiger partial charge in [0.15, 0.2) is 0 Å². The number of hydrogen-bond acceptors (Lipinski definition) is 1. The Morgan fingerprint density at radius 3 is 2.82 bits per heavy atom. The maximum absolute atomic E-state index is 3.98. The standard InChI is InChI=1S/C9H16N2/c1-3-4-5-6-9-8(2)7-10-11-9/h7H,3-6H2,1-2H3,(H,10,11). The molecule has 11 heavy (non-hydrogen) atoms. The Kier molecular flexibility index (Phi) is 3.14. The third-order valence-electron chi connectivity index (χ3n) is 1.96. The molecule has 1 heterocycles. The second-order valence-electron chi connectivity index (χ2n) is 2.99. The van der Waals surface area contributed by atoms with Crippen molar-refractivity contribution in [1.29, 1.82) is 0 Å². The van der Waals surface area contributed by atoms with Gasteiger partial charge in [-0.25, -0.2) is 0 Å². The molecule has 2 heteroatoms. The van der Waals surface area contributed by atoms with Crippen LogP contribution in [-0.2, 0) is 6.42 Å². The molecule has 2 nitrogen and oxygen atoms in total. The van der Waals surface area contributed by atoms with Crippen LogP contribution in [0.5, 0.6) is 0 Å². The Labute approximate surface area is 68.0 Å². The summed E-state index contributed by atoms with van der Waals surface area (Å²) in [5.74, 6) is 0. The van der Waals surface area contributed by atoms with Gasteiger partial charge in [-0.15, -0.1) is 0 Å². The molecule has 0 aliphatic heterocycles. The van der Waals surface area contributed by atoms with Crippen molar-refractivity contribution in [2.24, 2.45) is 0 Å². The van der Waals surface area contributed by atoms with Gasteiger partial charge in [-0.1, -0.05) is 19.8 Å². The summed E-state index contributed by atoms with van der Waals surface area (Å²) in [5.41, 5.74) is 2.60. The first kappa shape index (κ1) is 8.31. The van der Waals surface area contributed by atoms with Crippen LogP contribution in [0.2, 0.25) is 0 Å². The van der Waals surface area contributed by atoms with Crippen LogP contribution >= 0.6 is 0 Å². The quantitative estimate of drug-likeness (QED) is 0.659. The van der Waals surface area contributed by atoms with E-state index in [1.54, 1.807) is 0 Å². The molecular formula is C9H16N2. The number of aryl methyl sites for hydroxylation is 2. The topological polar surface area (TPSA) is 28.7 Å². The fourth-order valence-electron chi connectivity index (χ4n) is 1.18. The minimum absolute atomic E-state index is 1.15. The lowest BCUT2D eigenvalue weighted by Crippen LogP contribution is -1.87. The van der Waals surface area contributed by atoms with E-state index in [0.29, 0.717) is 0 Å². The van der Waals surface area contributed by atoms with Crippen LogP contribution in [0.4, 0.5) is 0 Å². The van der Waals surface area contributed by atoms with Crippen molar-refractivity contribution in [2.75, 3.05) is 0 Å². The minimum Gasteiger partial charge on any atom is -0.282 e. The lowest BCUT2D eigenvalue weighted by molar-refractivity contribution is 0.703. The summed E-state index contributed by atoms with van der Waals surface area (Å²) in [6, 6.07) is 0. The van der Waals surface area contributed by atoms with Gasteiger partial charge >= 0.3 is 0 Å². The van der Waals surface area contributed by atoms with Crippen LogP contribution in [0.15, 0.2) is 6.20 Å². The number of aromatic nitrogens is 2. The highest BCUT2D eigenvalue weighted by atomic mass is 15.1. The van der Waals surface area contributed by atoms with Crippen LogP contribution in [-0.4, -0.2) is 10.2 Å². The third-order valence-corrected chi connectivity index (χ3v) is 1.96. The molecule has 1 N–H and O–H groups in total. The molecule has 0 fully saturated rings. The first-order valence-electron chi connectivity index (χ1n) is 4.33. The fourth-order valence-corrected chi connectivity index (χ4v) is 1.18. The predicted molar refractivity (Wildman–Crippen MR) is 46.6 cm³/mol. The molecule has 1 rings (SSSR count). The Morgan fingerprint density at radius 2 is 2.27 bits per heavy atom. The molecule has 0 spiro atoms. The highest BCUT2D eigenvalue weighted by Gasteiger charge is 1.97. The van der Waals surface area contributed by atoms with Crippen LogP contribution in [0, 0.1) is 6.92 Å². The van der Waals surface area contributed by atoms with Gasteiger partial charge in [0.25, 0.3) is 0 Å². The zero-order chi connectivity index (χ0) is 8.10. The van der Waals surface area contributed by atoms with Gasteiger partial charge in [0.05, 0.1) is 6.20 Å². The molecule has 1 aromatic rings. The Balaban J connectivity index is 2.32. The van der Waals surface area contributed by atoms with Crippen molar-refractivity contribution in [2.45, 2.75) is 39.5 Å². The van der Waals surface area contributed by atoms with Gasteiger partial charge in [0.2, 0.25) is 0 Å². The van der Waals surface area contributed by atoms with Crippen LogP contribution < -0.4 is 0 Å². The molecule has 0 amide bonds. The summed E-state index contributed by atoms with van der Waals surface area (Å²) in [7, 11) is 0. The van der Waals surface area contributed by atoms with E-state index in [1.165, 1.54) is 30.5 Å². The summed E-state index contributed by atoms with van der Waals surface area (Å²) in [5, 5.41) is 6.99. The van der Waals surface area contributed by atoms with E-state index < -0.39 is 0 Å². The molecule has 0 aliphatic rings. The maximum atomic E-state index is 3.98. The molecule has 0 radical (unpaired) electrons. The third kappa shape index (κ3) is 2.37. The molecule has 0 aliphatic carbocycles. The Hall–Kier alpha value is -0.790. The molecular weight excluding hydrogens is 136 g/mol. The van der Waals surface area contributed by atoms with Gasteiger partial charge in [-0.05, 0) is 25.3 Å². The predicted octanol–water partition coefficient (Wildman–Crippen LogP) is 2.45. The highest BCUT2D eigenvalue weighted by Crippen LogP contribution is 2.07. The number of H-pyrrole nitrogens is 1. The molecule has 0 atom stereocenters. The number of rotatable bonds is 4. The van der Waals surface area contributed by atoms with E-state index >= 15 is 0 Å². The second-order valence-corrected chi connectivity index (χ2v) is 2.99. The SMILES string of the molecule is CCCCCc1[nH]ncc1C. The lowest BCUT2D eigenvalue weighted by atomic mass is 10.1. The lowest BCUT2D eigenvalue weighted by Gasteiger charge is -1.96. The molecule has 0 saturated heterocycles. The van der Waals surface area contributed by atoms with E-state index in [9.17, 15) is 0 Å². The van der Waals surface area contributed by atoms with Gasteiger partial charge in [0.1, 0.15) is 0 Å². The van der Waals surface area contributed by atoms with Crippen LogP contribution in [0.1, 0.15) is 37.4 Å². The molecule has 1 aromatic heterocycles. The monoisotopic (exact) mass is 152 g/mol. The molecule has 62 valence electrons. The minimum atomic E-state index is 1.15. The zero-order valence-corrected chi connectivity index (χ0v) is 7.35. The number of unbranched alkanes of at least 4 members (excludes halogenated alkanes) is 2. The fraction of sp³-hybridized carbons (Fsp3) is 0.667. The largest absolute Gasteiger partial charge is 0.282 e. The summed E-state index contributed by atoms with van der Waals surface area (Å²) in [4.78, 5) is 0. The van der Waals surface area contributed by atoms with Gasteiger partial charge < -0.3 is 0 Å². The number of aromatic amines is 1. The number of nitrogens with zero attached hydrogens (tertiary/aromatic N) is 1. The van der Waals surface area contributed by atoms with Crippen LogP contribution in [0.3, 0.4) is 0 Å². The Bertz CT molecular complexity index is 203. The number of nitrogens with one attached hydrogen (secondary N) is 1. The van der Waals surface area contributed by atoms with Crippen molar-refractivity contribution in [3.05, 3.63) is 17.5 Å². The molecule has 0 bridgehead atoms. The van der Waals surface area contributed by atoms with E-state index in [0.717, 1.165) is 6.42 Å². The maximum Gasteiger partial charge on any atom is 0.0519 e.